The predicted molar refractivity (Wildman–Crippen MR) is 37.8 cm³/mol. The van der Waals surface area contributed by atoms with Crippen molar-refractivity contribution >= 4 is 5.82 Å². The minimum Gasteiger partial charge on any atom is -0.429 e. The van der Waals surface area contributed by atoms with Gasteiger partial charge >= 0.3 is 6.61 Å². The van der Waals surface area contributed by atoms with E-state index >= 15 is 0 Å². The minimum atomic E-state index is -2.90. The highest BCUT2D eigenvalue weighted by Crippen LogP contribution is 2.18. The van der Waals surface area contributed by atoms with Crippen molar-refractivity contribution in [1.29, 1.82) is 0 Å². The molecule has 1 rings (SSSR count). The molecule has 0 saturated carbocycles. The van der Waals surface area contributed by atoms with Crippen molar-refractivity contribution in [3.05, 3.63) is 12.0 Å². The van der Waals surface area contributed by atoms with E-state index in [0.717, 1.165) is 6.20 Å². The molecule has 0 aliphatic rings. The Morgan fingerprint density at radius 2 is 2.25 bits per heavy atom. The van der Waals surface area contributed by atoms with Crippen LogP contribution in [-0.2, 0) is 0 Å². The molecule has 12 heavy (non-hydrogen) atoms. The monoisotopic (exact) mass is 175 g/mol. The molecular weight excluding hydrogens is 168 g/mol. The first-order valence-electron chi connectivity index (χ1n) is 3.13. The first kappa shape index (κ1) is 8.63. The Labute approximate surface area is 67.4 Å². The molecule has 2 N–H and O–H groups in total. The van der Waals surface area contributed by atoms with Crippen molar-refractivity contribution in [2.24, 2.45) is 0 Å². The lowest BCUT2D eigenvalue weighted by atomic mass is 10.5. The van der Waals surface area contributed by atoms with Crippen molar-refractivity contribution in [2.75, 3.05) is 5.73 Å². The van der Waals surface area contributed by atoms with Crippen LogP contribution in [0.15, 0.2) is 6.20 Å². The van der Waals surface area contributed by atoms with Gasteiger partial charge in [-0.25, -0.2) is 9.97 Å². The largest absolute Gasteiger partial charge is 0.429 e. The summed E-state index contributed by atoms with van der Waals surface area (Å²) in [6.45, 7) is -1.30. The maximum absolute atomic E-state index is 11.7. The van der Waals surface area contributed by atoms with Gasteiger partial charge in [-0.1, -0.05) is 0 Å². The Balaban J connectivity index is 2.86. The second kappa shape index (κ2) is 3.29. The number of halogens is 2. The van der Waals surface area contributed by atoms with Gasteiger partial charge in [-0.3, -0.25) is 0 Å². The Morgan fingerprint density at radius 3 is 2.75 bits per heavy atom. The fourth-order valence-corrected chi connectivity index (χ4v) is 0.663. The van der Waals surface area contributed by atoms with Gasteiger partial charge in [-0.15, -0.1) is 0 Å². The third kappa shape index (κ3) is 2.01. The number of aromatic nitrogens is 2. The van der Waals surface area contributed by atoms with Gasteiger partial charge in [0.1, 0.15) is 5.82 Å². The summed E-state index contributed by atoms with van der Waals surface area (Å²) < 4.78 is 27.4. The molecule has 1 aromatic heterocycles. The van der Waals surface area contributed by atoms with Gasteiger partial charge in [-0.05, 0) is 6.92 Å². The van der Waals surface area contributed by atoms with Gasteiger partial charge in [0, 0.05) is 0 Å². The molecule has 0 bridgehead atoms. The number of alkyl halides is 2. The molecule has 0 aliphatic carbocycles. The highest BCUT2D eigenvalue weighted by atomic mass is 19.3. The average molecular weight is 175 g/mol. The van der Waals surface area contributed by atoms with Gasteiger partial charge in [0.2, 0.25) is 0 Å². The van der Waals surface area contributed by atoms with Crippen molar-refractivity contribution < 1.29 is 13.5 Å². The molecule has 0 fully saturated rings. The number of rotatable bonds is 2. The van der Waals surface area contributed by atoms with E-state index in [9.17, 15) is 8.78 Å². The molecule has 1 heterocycles. The van der Waals surface area contributed by atoms with Crippen LogP contribution in [0.4, 0.5) is 14.6 Å². The summed E-state index contributed by atoms with van der Waals surface area (Å²) in [6, 6.07) is 0. The minimum absolute atomic E-state index is 0.0807. The summed E-state index contributed by atoms with van der Waals surface area (Å²) in [5.41, 5.74) is 5.26. The first-order chi connectivity index (χ1) is 5.59. The molecule has 0 amide bonds. The molecule has 6 heteroatoms. The van der Waals surface area contributed by atoms with Gasteiger partial charge in [0.15, 0.2) is 11.6 Å². The van der Waals surface area contributed by atoms with Crippen LogP contribution in [-0.4, -0.2) is 16.6 Å². The van der Waals surface area contributed by atoms with E-state index in [1.54, 1.807) is 6.92 Å². The molecule has 1 aromatic rings. The lowest BCUT2D eigenvalue weighted by molar-refractivity contribution is -0.0497. The van der Waals surface area contributed by atoms with Crippen LogP contribution < -0.4 is 10.5 Å². The predicted octanol–water partition coefficient (Wildman–Crippen LogP) is 0.969. The van der Waals surface area contributed by atoms with Crippen LogP contribution in [0.1, 0.15) is 5.82 Å². The molecule has 0 spiro atoms. The van der Waals surface area contributed by atoms with Gasteiger partial charge in [0.05, 0.1) is 6.20 Å². The van der Waals surface area contributed by atoms with E-state index in [4.69, 9.17) is 5.73 Å². The van der Waals surface area contributed by atoms with E-state index in [-0.39, 0.29) is 11.6 Å². The molecule has 0 radical (unpaired) electrons. The molecule has 0 atom stereocenters. The Hall–Kier alpha value is -1.46. The topological polar surface area (TPSA) is 61.0 Å². The number of nitrogen functional groups attached to an aromatic ring is 1. The molecule has 0 aromatic carbocycles. The number of nitrogens with two attached hydrogens (primary N) is 1. The van der Waals surface area contributed by atoms with Crippen LogP contribution >= 0.6 is 0 Å². The van der Waals surface area contributed by atoms with E-state index in [0.29, 0.717) is 5.82 Å². The summed E-state index contributed by atoms with van der Waals surface area (Å²) >= 11 is 0. The number of hydrogen-bond donors (Lipinski definition) is 1. The van der Waals surface area contributed by atoms with Crippen LogP contribution in [0, 0.1) is 6.92 Å². The fraction of sp³-hybridized carbons (Fsp3) is 0.333. The Kier molecular flexibility index (Phi) is 2.37. The normalized spacial score (nSPS) is 10.3. The van der Waals surface area contributed by atoms with Crippen molar-refractivity contribution in [3.8, 4) is 5.75 Å². The maximum atomic E-state index is 11.7. The number of anilines is 1. The molecule has 66 valence electrons. The average Bonchev–Trinajstić information content (AvgIpc) is 1.94. The molecule has 0 aliphatic heterocycles. The number of nitrogens with zero attached hydrogens (tertiary/aromatic N) is 2. The van der Waals surface area contributed by atoms with Crippen molar-refractivity contribution in [1.82, 2.24) is 9.97 Å². The molecule has 4 nitrogen and oxygen atoms in total. The molecule has 0 saturated heterocycles. The van der Waals surface area contributed by atoms with E-state index in [2.05, 4.69) is 14.7 Å². The summed E-state index contributed by atoms with van der Waals surface area (Å²) in [5, 5.41) is 0. The van der Waals surface area contributed by atoms with Gasteiger partial charge < -0.3 is 10.5 Å². The van der Waals surface area contributed by atoms with Gasteiger partial charge in [-0.2, -0.15) is 8.78 Å². The van der Waals surface area contributed by atoms with E-state index < -0.39 is 6.61 Å². The quantitative estimate of drug-likeness (QED) is 0.727. The summed E-state index contributed by atoms with van der Waals surface area (Å²) in [5.74, 6) is 0.132. The fourth-order valence-electron chi connectivity index (χ4n) is 0.663. The van der Waals surface area contributed by atoms with Crippen LogP contribution in [0.2, 0.25) is 0 Å². The lowest BCUT2D eigenvalue weighted by Crippen LogP contribution is -2.06. The first-order valence-corrected chi connectivity index (χ1v) is 3.13. The van der Waals surface area contributed by atoms with E-state index in [1.165, 1.54) is 0 Å². The lowest BCUT2D eigenvalue weighted by Gasteiger charge is -2.05. The standard InChI is InChI=1S/C6H7F2N3O/c1-3-10-2-4(5(9)11-3)12-6(7)8/h2,6H,1H3,(H2,9,10,11). The molecule has 0 unspecified atom stereocenters. The summed E-state index contributed by atoms with van der Waals surface area (Å²) in [4.78, 5) is 7.28. The second-order valence-electron chi connectivity index (χ2n) is 2.05. The van der Waals surface area contributed by atoms with Crippen molar-refractivity contribution in [3.63, 3.8) is 0 Å². The zero-order valence-electron chi connectivity index (χ0n) is 6.29. The zero-order valence-corrected chi connectivity index (χ0v) is 6.29. The van der Waals surface area contributed by atoms with Gasteiger partial charge in [0.25, 0.3) is 0 Å². The highest BCUT2D eigenvalue weighted by molar-refractivity contribution is 5.43. The maximum Gasteiger partial charge on any atom is 0.387 e. The number of ether oxygens (including phenoxy) is 1. The third-order valence-electron chi connectivity index (χ3n) is 1.12. The highest BCUT2D eigenvalue weighted by Gasteiger charge is 2.08. The van der Waals surface area contributed by atoms with Crippen molar-refractivity contribution in [2.45, 2.75) is 13.5 Å². The SMILES string of the molecule is Cc1ncc(OC(F)F)c(N)n1. The van der Waals surface area contributed by atoms with Crippen LogP contribution in [0.3, 0.4) is 0 Å². The number of hydrogen-bond acceptors (Lipinski definition) is 4. The Bertz CT molecular complexity index is 279. The third-order valence-corrected chi connectivity index (χ3v) is 1.12. The zero-order chi connectivity index (χ0) is 9.14. The summed E-state index contributed by atoms with van der Waals surface area (Å²) in [6.07, 6.45) is 1.11. The molecular formula is C6H7F2N3O. The second-order valence-corrected chi connectivity index (χ2v) is 2.05. The number of aryl methyl sites for hydroxylation is 1. The Morgan fingerprint density at radius 1 is 1.58 bits per heavy atom. The smallest absolute Gasteiger partial charge is 0.387 e. The summed E-state index contributed by atoms with van der Waals surface area (Å²) in [7, 11) is 0. The van der Waals surface area contributed by atoms with Crippen LogP contribution in [0.25, 0.3) is 0 Å². The van der Waals surface area contributed by atoms with E-state index in [1.807, 2.05) is 0 Å². The van der Waals surface area contributed by atoms with Crippen LogP contribution in [0.5, 0.6) is 5.75 Å².